The van der Waals surface area contributed by atoms with Gasteiger partial charge in [-0.25, -0.2) is 4.39 Å². The fourth-order valence-electron chi connectivity index (χ4n) is 2.40. The molecule has 0 unspecified atom stereocenters. The lowest BCUT2D eigenvalue weighted by Gasteiger charge is -2.21. The van der Waals surface area contributed by atoms with Crippen LogP contribution >= 0.6 is 11.6 Å². The van der Waals surface area contributed by atoms with Crippen LogP contribution in [0.15, 0.2) is 36.4 Å². The Balaban J connectivity index is 1.75. The Morgan fingerprint density at radius 3 is 2.65 bits per heavy atom. The zero-order valence-electron chi connectivity index (χ0n) is 12.5. The van der Waals surface area contributed by atoms with Gasteiger partial charge in [0.25, 0.3) is 5.91 Å². The van der Waals surface area contributed by atoms with Crippen molar-refractivity contribution in [1.29, 1.82) is 0 Å². The van der Waals surface area contributed by atoms with Crippen LogP contribution < -0.4 is 9.47 Å². The molecule has 1 heterocycles. The number of rotatable bonds is 3. The van der Waals surface area contributed by atoms with E-state index in [0.29, 0.717) is 31.3 Å². The molecule has 0 aromatic heterocycles. The molecule has 0 spiro atoms. The van der Waals surface area contributed by atoms with Crippen LogP contribution in [0.5, 0.6) is 11.5 Å². The number of hydrogen-bond acceptors (Lipinski definition) is 3. The molecule has 2 aromatic rings. The molecular formula is C17H15ClFNO3. The van der Waals surface area contributed by atoms with Crippen LogP contribution in [0.3, 0.4) is 0 Å². The molecule has 2 aromatic carbocycles. The smallest absolute Gasteiger partial charge is 0.256 e. The van der Waals surface area contributed by atoms with E-state index in [0.717, 1.165) is 11.6 Å². The summed E-state index contributed by atoms with van der Waals surface area (Å²) in [5.74, 6) is 0.315. The van der Waals surface area contributed by atoms with Crippen molar-refractivity contribution in [3.63, 3.8) is 0 Å². The average molecular weight is 336 g/mol. The monoisotopic (exact) mass is 335 g/mol. The van der Waals surface area contributed by atoms with Crippen molar-refractivity contribution in [2.24, 2.45) is 0 Å². The molecule has 1 aliphatic rings. The van der Waals surface area contributed by atoms with Gasteiger partial charge in [-0.05, 0) is 35.9 Å². The summed E-state index contributed by atoms with van der Waals surface area (Å²) in [5, 5.41) is 0.258. The Hall–Kier alpha value is -2.27. The summed E-state index contributed by atoms with van der Waals surface area (Å²) < 4.78 is 24.8. The second-order valence-corrected chi connectivity index (χ2v) is 5.70. The number of nitrogens with zero attached hydrogens (tertiary/aromatic N) is 1. The third kappa shape index (κ3) is 3.40. The molecule has 0 N–H and O–H groups in total. The molecule has 0 saturated heterocycles. The van der Waals surface area contributed by atoms with E-state index in [2.05, 4.69) is 0 Å². The Morgan fingerprint density at radius 2 is 1.91 bits per heavy atom. The van der Waals surface area contributed by atoms with Crippen molar-refractivity contribution >= 4 is 17.5 Å². The van der Waals surface area contributed by atoms with Crippen LogP contribution in [0.2, 0.25) is 5.02 Å². The summed E-state index contributed by atoms with van der Waals surface area (Å²) in [6.45, 7) is 1.36. The van der Waals surface area contributed by atoms with Crippen molar-refractivity contribution in [1.82, 2.24) is 4.90 Å². The number of ether oxygens (including phenoxy) is 2. The Morgan fingerprint density at radius 1 is 1.17 bits per heavy atom. The summed E-state index contributed by atoms with van der Waals surface area (Å²) in [5.41, 5.74) is 0.869. The number of hydrogen-bond donors (Lipinski definition) is 0. The molecular weight excluding hydrogens is 321 g/mol. The summed E-state index contributed by atoms with van der Waals surface area (Å²) in [4.78, 5) is 13.8. The minimum atomic E-state index is -0.628. The fourth-order valence-corrected chi connectivity index (χ4v) is 2.56. The van der Waals surface area contributed by atoms with E-state index in [1.54, 1.807) is 7.05 Å². The van der Waals surface area contributed by atoms with Crippen molar-refractivity contribution in [2.45, 2.75) is 6.54 Å². The maximum absolute atomic E-state index is 13.9. The Labute approximate surface area is 138 Å². The largest absolute Gasteiger partial charge is 0.486 e. The highest BCUT2D eigenvalue weighted by atomic mass is 35.5. The minimum absolute atomic E-state index is 0.00515. The fraction of sp³-hybridized carbons (Fsp3) is 0.235. The second-order valence-electron chi connectivity index (χ2n) is 5.26. The predicted molar refractivity (Wildman–Crippen MR) is 84.6 cm³/mol. The predicted octanol–water partition coefficient (Wildman–Crippen LogP) is 3.52. The van der Waals surface area contributed by atoms with E-state index in [1.807, 2.05) is 18.2 Å². The van der Waals surface area contributed by atoms with Gasteiger partial charge in [-0.3, -0.25) is 4.79 Å². The quantitative estimate of drug-likeness (QED) is 0.861. The molecule has 0 atom stereocenters. The number of halogens is 2. The number of amides is 1. The van der Waals surface area contributed by atoms with Crippen LogP contribution in [0, 0.1) is 5.82 Å². The van der Waals surface area contributed by atoms with Gasteiger partial charge >= 0.3 is 0 Å². The first kappa shape index (κ1) is 15.6. The van der Waals surface area contributed by atoms with Crippen LogP contribution in [-0.4, -0.2) is 31.1 Å². The van der Waals surface area contributed by atoms with Gasteiger partial charge in [0, 0.05) is 18.6 Å². The maximum atomic E-state index is 13.9. The van der Waals surface area contributed by atoms with Gasteiger partial charge in [0.1, 0.15) is 19.0 Å². The number of fused-ring (bicyclic) bond motifs is 1. The van der Waals surface area contributed by atoms with E-state index in [-0.39, 0.29) is 10.6 Å². The molecule has 0 saturated carbocycles. The van der Waals surface area contributed by atoms with Crippen molar-refractivity contribution in [3.8, 4) is 11.5 Å². The molecule has 4 nitrogen and oxygen atoms in total. The van der Waals surface area contributed by atoms with Crippen molar-refractivity contribution < 1.29 is 18.7 Å². The van der Waals surface area contributed by atoms with Crippen LogP contribution in [0.1, 0.15) is 15.9 Å². The standard InChI is InChI=1S/C17H15ClFNO3/c1-20(17(21)13-4-3-12(18)9-14(13)19)10-11-2-5-15-16(8-11)23-7-6-22-15/h2-5,8-9H,6-7,10H2,1H3. The molecule has 0 bridgehead atoms. The number of carbonyl (C=O) groups excluding carboxylic acids is 1. The first-order valence-electron chi connectivity index (χ1n) is 7.13. The van der Waals surface area contributed by atoms with E-state index in [4.69, 9.17) is 21.1 Å². The van der Waals surface area contributed by atoms with Gasteiger partial charge < -0.3 is 14.4 Å². The molecule has 1 amide bonds. The summed E-state index contributed by atoms with van der Waals surface area (Å²) in [6.07, 6.45) is 0. The molecule has 1 aliphatic heterocycles. The lowest BCUT2D eigenvalue weighted by atomic mass is 10.1. The SMILES string of the molecule is CN(Cc1ccc2c(c1)OCCO2)C(=O)c1ccc(Cl)cc1F. The zero-order chi connectivity index (χ0) is 16.4. The van der Waals surface area contributed by atoms with Gasteiger partial charge in [0.2, 0.25) is 0 Å². The van der Waals surface area contributed by atoms with Crippen LogP contribution in [0.4, 0.5) is 4.39 Å². The van der Waals surface area contributed by atoms with E-state index in [9.17, 15) is 9.18 Å². The molecule has 3 rings (SSSR count). The van der Waals surface area contributed by atoms with Gasteiger partial charge in [-0.2, -0.15) is 0 Å². The normalized spacial score (nSPS) is 12.8. The molecule has 0 radical (unpaired) electrons. The summed E-state index contributed by atoms with van der Waals surface area (Å²) in [7, 11) is 1.62. The van der Waals surface area contributed by atoms with Crippen molar-refractivity contribution in [2.75, 3.05) is 20.3 Å². The molecule has 120 valence electrons. The van der Waals surface area contributed by atoms with E-state index < -0.39 is 11.7 Å². The lowest BCUT2D eigenvalue weighted by molar-refractivity contribution is 0.0780. The first-order chi connectivity index (χ1) is 11.0. The van der Waals surface area contributed by atoms with Crippen molar-refractivity contribution in [3.05, 3.63) is 58.4 Å². The highest BCUT2D eigenvalue weighted by Crippen LogP contribution is 2.31. The Kier molecular flexibility index (Phi) is 4.39. The van der Waals surface area contributed by atoms with Gasteiger partial charge in [-0.1, -0.05) is 17.7 Å². The molecule has 6 heteroatoms. The van der Waals surface area contributed by atoms with Crippen LogP contribution in [0.25, 0.3) is 0 Å². The molecule has 23 heavy (non-hydrogen) atoms. The topological polar surface area (TPSA) is 38.8 Å². The highest BCUT2D eigenvalue weighted by molar-refractivity contribution is 6.30. The summed E-state index contributed by atoms with van der Waals surface area (Å²) >= 11 is 5.71. The van der Waals surface area contributed by atoms with E-state index in [1.165, 1.54) is 17.0 Å². The molecule has 0 fully saturated rings. The zero-order valence-corrected chi connectivity index (χ0v) is 13.3. The van der Waals surface area contributed by atoms with Gasteiger partial charge in [0.15, 0.2) is 11.5 Å². The lowest BCUT2D eigenvalue weighted by Crippen LogP contribution is -2.27. The second kappa shape index (κ2) is 6.46. The third-order valence-corrected chi connectivity index (χ3v) is 3.77. The van der Waals surface area contributed by atoms with Gasteiger partial charge in [-0.15, -0.1) is 0 Å². The highest BCUT2D eigenvalue weighted by Gasteiger charge is 2.18. The van der Waals surface area contributed by atoms with Gasteiger partial charge in [0.05, 0.1) is 5.56 Å². The first-order valence-corrected chi connectivity index (χ1v) is 7.51. The molecule has 0 aliphatic carbocycles. The number of carbonyl (C=O) groups is 1. The maximum Gasteiger partial charge on any atom is 0.256 e. The third-order valence-electron chi connectivity index (χ3n) is 3.53. The average Bonchev–Trinajstić information content (AvgIpc) is 2.54. The Bertz CT molecular complexity index is 751. The summed E-state index contributed by atoms with van der Waals surface area (Å²) in [6, 6.07) is 9.51. The minimum Gasteiger partial charge on any atom is -0.486 e. The number of benzene rings is 2. The van der Waals surface area contributed by atoms with E-state index >= 15 is 0 Å². The van der Waals surface area contributed by atoms with Crippen LogP contribution in [-0.2, 0) is 6.54 Å².